The maximum absolute atomic E-state index is 13.6. The van der Waals surface area contributed by atoms with Gasteiger partial charge in [-0.05, 0) is 30.3 Å². The lowest BCUT2D eigenvalue weighted by Gasteiger charge is -2.11. The molecule has 2 aromatic rings. The molecule has 2 aromatic carbocycles. The molecule has 0 spiro atoms. The van der Waals surface area contributed by atoms with E-state index in [1.54, 1.807) is 18.2 Å². The second-order valence-corrected chi connectivity index (χ2v) is 4.76. The summed E-state index contributed by atoms with van der Waals surface area (Å²) in [5.41, 5.74) is 6.76. The van der Waals surface area contributed by atoms with Crippen molar-refractivity contribution in [2.24, 2.45) is 0 Å². The molecule has 0 aromatic heterocycles. The van der Waals surface area contributed by atoms with Crippen molar-refractivity contribution in [1.82, 2.24) is 5.32 Å². The first-order valence-electron chi connectivity index (χ1n) is 6.17. The molecular formula is C15H14ClFN2O2. The van der Waals surface area contributed by atoms with Crippen LogP contribution in [-0.4, -0.2) is 13.0 Å². The predicted octanol–water partition coefficient (Wildman–Crippen LogP) is 3.00. The zero-order chi connectivity index (χ0) is 15.4. The first-order chi connectivity index (χ1) is 10.0. The minimum atomic E-state index is -0.667. The zero-order valence-corrected chi connectivity index (χ0v) is 12.1. The number of nitrogens with two attached hydrogens (primary N) is 1. The molecule has 0 fully saturated rings. The summed E-state index contributed by atoms with van der Waals surface area (Å²) in [6.07, 6.45) is 0. The topological polar surface area (TPSA) is 64.3 Å². The molecular weight excluding hydrogens is 295 g/mol. The molecule has 0 saturated carbocycles. The van der Waals surface area contributed by atoms with Gasteiger partial charge in [0.15, 0.2) is 0 Å². The molecule has 6 heteroatoms. The van der Waals surface area contributed by atoms with Crippen molar-refractivity contribution in [3.8, 4) is 5.75 Å². The largest absolute Gasteiger partial charge is 0.496 e. The van der Waals surface area contributed by atoms with Crippen molar-refractivity contribution >= 4 is 23.2 Å². The van der Waals surface area contributed by atoms with E-state index in [1.165, 1.54) is 25.3 Å². The highest BCUT2D eigenvalue weighted by molar-refractivity contribution is 6.33. The Kier molecular flexibility index (Phi) is 4.65. The van der Waals surface area contributed by atoms with Crippen LogP contribution in [0, 0.1) is 5.82 Å². The van der Waals surface area contributed by atoms with Crippen LogP contribution in [0.3, 0.4) is 0 Å². The average Bonchev–Trinajstić information content (AvgIpc) is 2.45. The molecule has 1 amide bonds. The van der Waals surface area contributed by atoms with Crippen LogP contribution < -0.4 is 15.8 Å². The minimum Gasteiger partial charge on any atom is -0.496 e. The average molecular weight is 309 g/mol. The fraction of sp³-hybridized carbons (Fsp3) is 0.133. The van der Waals surface area contributed by atoms with E-state index in [-0.39, 0.29) is 17.1 Å². The molecule has 0 aliphatic rings. The van der Waals surface area contributed by atoms with Gasteiger partial charge in [-0.3, -0.25) is 4.79 Å². The van der Waals surface area contributed by atoms with Crippen LogP contribution in [0.15, 0.2) is 36.4 Å². The number of nitrogens with one attached hydrogen (secondary N) is 1. The van der Waals surface area contributed by atoms with Crippen molar-refractivity contribution in [2.45, 2.75) is 6.54 Å². The van der Waals surface area contributed by atoms with Crippen molar-refractivity contribution in [1.29, 1.82) is 0 Å². The van der Waals surface area contributed by atoms with E-state index in [2.05, 4.69) is 5.32 Å². The summed E-state index contributed by atoms with van der Waals surface area (Å²) in [6, 6.07) is 9.16. The van der Waals surface area contributed by atoms with Crippen LogP contribution in [0.4, 0.5) is 10.1 Å². The molecule has 2 rings (SSSR count). The normalized spacial score (nSPS) is 10.2. The Labute approximate surface area is 126 Å². The van der Waals surface area contributed by atoms with Crippen molar-refractivity contribution in [3.63, 3.8) is 0 Å². The Morgan fingerprint density at radius 3 is 2.81 bits per heavy atom. The molecule has 4 nitrogen and oxygen atoms in total. The summed E-state index contributed by atoms with van der Waals surface area (Å²) in [6.45, 7) is 0.151. The van der Waals surface area contributed by atoms with E-state index in [0.29, 0.717) is 17.0 Å². The number of hydrogen-bond donors (Lipinski definition) is 2. The fourth-order valence-corrected chi connectivity index (χ4v) is 2.16. The van der Waals surface area contributed by atoms with E-state index >= 15 is 0 Å². The maximum Gasteiger partial charge on any atom is 0.256 e. The van der Waals surface area contributed by atoms with Gasteiger partial charge in [0.05, 0.1) is 17.7 Å². The number of rotatable bonds is 4. The number of benzene rings is 2. The summed E-state index contributed by atoms with van der Waals surface area (Å²) in [5, 5.41) is 2.66. The third-order valence-corrected chi connectivity index (χ3v) is 3.25. The van der Waals surface area contributed by atoms with Gasteiger partial charge in [0.25, 0.3) is 5.91 Å². The monoisotopic (exact) mass is 308 g/mol. The lowest BCUT2D eigenvalue weighted by atomic mass is 10.1. The molecule has 0 heterocycles. The first-order valence-corrected chi connectivity index (χ1v) is 6.55. The minimum absolute atomic E-state index is 0.0621. The van der Waals surface area contributed by atoms with Gasteiger partial charge in [-0.15, -0.1) is 0 Å². The number of nitrogen functional groups attached to an aromatic ring is 1. The lowest BCUT2D eigenvalue weighted by molar-refractivity contribution is 0.0947. The number of carbonyl (C=O) groups is 1. The van der Waals surface area contributed by atoms with Crippen LogP contribution in [0.5, 0.6) is 5.75 Å². The Bertz CT molecular complexity index is 656. The summed E-state index contributed by atoms with van der Waals surface area (Å²) in [5.74, 6) is -0.675. The Morgan fingerprint density at radius 2 is 2.14 bits per heavy atom. The van der Waals surface area contributed by atoms with Crippen molar-refractivity contribution in [2.75, 3.05) is 12.8 Å². The number of anilines is 1. The van der Waals surface area contributed by atoms with Gasteiger partial charge >= 0.3 is 0 Å². The smallest absolute Gasteiger partial charge is 0.256 e. The van der Waals surface area contributed by atoms with Crippen LogP contribution in [0.25, 0.3) is 0 Å². The molecule has 0 aliphatic carbocycles. The number of ether oxygens (including phenoxy) is 1. The quantitative estimate of drug-likeness (QED) is 0.853. The zero-order valence-electron chi connectivity index (χ0n) is 11.3. The second-order valence-electron chi connectivity index (χ2n) is 4.35. The van der Waals surface area contributed by atoms with Crippen LogP contribution in [-0.2, 0) is 6.54 Å². The highest BCUT2D eigenvalue weighted by Gasteiger charge is 2.16. The highest BCUT2D eigenvalue weighted by atomic mass is 35.5. The predicted molar refractivity (Wildman–Crippen MR) is 80.0 cm³/mol. The SMILES string of the molecule is COc1ccc(N)cc1CNC(=O)c1c(F)cccc1Cl. The van der Waals surface area contributed by atoms with Crippen molar-refractivity contribution < 1.29 is 13.9 Å². The Balaban J connectivity index is 2.17. The number of halogens is 2. The number of hydrogen-bond acceptors (Lipinski definition) is 3. The van der Waals surface area contributed by atoms with E-state index in [9.17, 15) is 9.18 Å². The van der Waals surface area contributed by atoms with Crippen molar-refractivity contribution in [3.05, 3.63) is 58.4 Å². The highest BCUT2D eigenvalue weighted by Crippen LogP contribution is 2.22. The third kappa shape index (κ3) is 3.44. The fourth-order valence-electron chi connectivity index (χ4n) is 1.92. The molecule has 21 heavy (non-hydrogen) atoms. The Morgan fingerprint density at radius 1 is 1.38 bits per heavy atom. The van der Waals surface area contributed by atoms with E-state index < -0.39 is 11.7 Å². The first kappa shape index (κ1) is 15.1. The molecule has 110 valence electrons. The Hall–Kier alpha value is -2.27. The van der Waals surface area contributed by atoms with Crippen LogP contribution in [0.2, 0.25) is 5.02 Å². The number of carbonyl (C=O) groups excluding carboxylic acids is 1. The van der Waals surface area contributed by atoms with Gasteiger partial charge in [0.1, 0.15) is 11.6 Å². The molecule has 0 aliphatic heterocycles. The van der Waals surface area contributed by atoms with Crippen LogP contribution in [0.1, 0.15) is 15.9 Å². The lowest BCUT2D eigenvalue weighted by Crippen LogP contribution is -2.24. The summed E-state index contributed by atoms with van der Waals surface area (Å²) in [7, 11) is 1.52. The second kappa shape index (κ2) is 6.45. The molecule has 3 N–H and O–H groups in total. The number of methoxy groups -OCH3 is 1. The van der Waals surface area contributed by atoms with Gasteiger partial charge in [-0.25, -0.2) is 4.39 Å². The third-order valence-electron chi connectivity index (χ3n) is 2.93. The molecule has 0 bridgehead atoms. The van der Waals surface area contributed by atoms with E-state index in [1.807, 2.05) is 0 Å². The molecule has 0 unspecified atom stereocenters. The summed E-state index contributed by atoms with van der Waals surface area (Å²) in [4.78, 5) is 12.0. The molecule has 0 atom stereocenters. The van der Waals surface area contributed by atoms with Gasteiger partial charge in [-0.2, -0.15) is 0 Å². The van der Waals surface area contributed by atoms with E-state index in [0.717, 1.165) is 0 Å². The summed E-state index contributed by atoms with van der Waals surface area (Å²) < 4.78 is 18.8. The molecule has 0 radical (unpaired) electrons. The van der Waals surface area contributed by atoms with Gasteiger partial charge in [0, 0.05) is 17.8 Å². The van der Waals surface area contributed by atoms with Gasteiger partial charge < -0.3 is 15.8 Å². The summed E-state index contributed by atoms with van der Waals surface area (Å²) >= 11 is 5.84. The van der Waals surface area contributed by atoms with Gasteiger partial charge in [0.2, 0.25) is 0 Å². The maximum atomic E-state index is 13.6. The van der Waals surface area contributed by atoms with Gasteiger partial charge in [-0.1, -0.05) is 17.7 Å². The number of amides is 1. The molecule has 0 saturated heterocycles. The van der Waals surface area contributed by atoms with E-state index in [4.69, 9.17) is 22.1 Å². The van der Waals surface area contributed by atoms with Crippen LogP contribution >= 0.6 is 11.6 Å². The standard InChI is InChI=1S/C15H14ClFN2O2/c1-21-13-6-5-10(18)7-9(13)8-19-15(20)14-11(16)3-2-4-12(14)17/h2-7H,8,18H2,1H3,(H,19,20).